The summed E-state index contributed by atoms with van der Waals surface area (Å²) in [5.41, 5.74) is 2.63. The van der Waals surface area contributed by atoms with Gasteiger partial charge < -0.3 is 63.0 Å². The lowest BCUT2D eigenvalue weighted by molar-refractivity contribution is -0.144. The highest BCUT2D eigenvalue weighted by Gasteiger charge is 2.50. The molecule has 4 aliphatic rings. The molecular weight excluding hydrogens is 1120 g/mol. The zero-order valence-electron chi connectivity index (χ0n) is 51.4. The molecule has 472 valence electrons. The fourth-order valence-corrected chi connectivity index (χ4v) is 12.5. The second kappa shape index (κ2) is 35.0. The lowest BCUT2D eigenvalue weighted by Crippen LogP contribution is -2.59. The normalized spacial score (nSPS) is 22.2. The Hall–Kier alpha value is -8.11. The average molecular weight is 1210 g/mol. The molecule has 3 aromatic carbocycles. The summed E-state index contributed by atoms with van der Waals surface area (Å²) < 4.78 is 0. The lowest BCUT2D eigenvalue weighted by atomic mass is 9.90. The van der Waals surface area contributed by atoms with Crippen LogP contribution in [0.25, 0.3) is 0 Å². The van der Waals surface area contributed by atoms with Gasteiger partial charge in [-0.15, -0.1) is 0 Å². The van der Waals surface area contributed by atoms with Gasteiger partial charge in [-0.25, -0.2) is 0 Å². The topological polar surface area (TPSA) is 280 Å². The van der Waals surface area contributed by atoms with Crippen LogP contribution in [0.3, 0.4) is 0 Å². The van der Waals surface area contributed by atoms with Crippen molar-refractivity contribution in [2.75, 3.05) is 40.3 Å². The van der Waals surface area contributed by atoms with E-state index in [-0.39, 0.29) is 105 Å². The zero-order valence-corrected chi connectivity index (χ0v) is 51.4. The number of rotatable bonds is 29. The Kier molecular flexibility index (Phi) is 26.8. The minimum atomic E-state index is -1.10. The number of hydrogen-bond donors (Lipinski definition) is 10. The summed E-state index contributed by atoms with van der Waals surface area (Å²) in [5, 5.41) is 30.1. The molecule has 0 aromatic heterocycles. The lowest BCUT2D eigenvalue weighted by Gasteiger charge is -2.33. The smallest absolute Gasteiger partial charge is 0.247 e. The van der Waals surface area contributed by atoms with Crippen LogP contribution >= 0.6 is 0 Å². The van der Waals surface area contributed by atoms with Crippen molar-refractivity contribution in [1.82, 2.24) is 63.0 Å². The van der Waals surface area contributed by atoms with Crippen molar-refractivity contribution in [3.63, 3.8) is 0 Å². The van der Waals surface area contributed by atoms with Crippen LogP contribution in [0.15, 0.2) is 91.0 Å². The summed E-state index contributed by atoms with van der Waals surface area (Å²) >= 11 is 0. The number of amides is 9. The van der Waals surface area contributed by atoms with Gasteiger partial charge in [0.05, 0.1) is 12.1 Å². The van der Waals surface area contributed by atoms with Gasteiger partial charge in [-0.05, 0) is 126 Å². The van der Waals surface area contributed by atoms with Crippen LogP contribution in [-0.2, 0) is 56.2 Å². The molecule has 21 heteroatoms. The number of nitrogens with zero attached hydrogens (tertiary/aromatic N) is 2. The summed E-state index contributed by atoms with van der Waals surface area (Å²) in [6.45, 7) is 5.74. The van der Waals surface area contributed by atoms with Gasteiger partial charge in [0.2, 0.25) is 53.2 Å². The van der Waals surface area contributed by atoms with Crippen LogP contribution in [0.1, 0.15) is 133 Å². The highest BCUT2D eigenvalue weighted by atomic mass is 16.2. The van der Waals surface area contributed by atoms with Gasteiger partial charge >= 0.3 is 0 Å². The Labute approximate surface area is 518 Å². The van der Waals surface area contributed by atoms with Crippen LogP contribution in [0, 0.1) is 35.5 Å². The summed E-state index contributed by atoms with van der Waals surface area (Å²) in [6, 6.07) is 22.6. The minimum Gasteiger partial charge on any atom is -0.356 e. The van der Waals surface area contributed by atoms with Crippen LogP contribution in [0.5, 0.6) is 0 Å². The molecule has 7 rings (SSSR count). The van der Waals surface area contributed by atoms with Gasteiger partial charge in [0, 0.05) is 76.4 Å². The van der Waals surface area contributed by atoms with Crippen LogP contribution in [-0.4, -0.2) is 152 Å². The fraction of sp³-hybridized carbons (Fsp3) is 0.537. The number of carbonyl (C=O) groups is 9. The first-order chi connectivity index (χ1) is 42.7. The quantitative estimate of drug-likeness (QED) is 0.0355. The van der Waals surface area contributed by atoms with E-state index in [1.807, 2.05) is 74.5 Å². The van der Waals surface area contributed by atoms with E-state index in [4.69, 9.17) is 0 Å². The summed E-state index contributed by atoms with van der Waals surface area (Å²) in [6.07, 6.45) is 7.01. The Balaban J connectivity index is 0.843. The van der Waals surface area contributed by atoms with E-state index >= 15 is 0 Å². The number of hydrogen-bond acceptors (Lipinski definition) is 12. The molecule has 0 spiro atoms. The van der Waals surface area contributed by atoms with E-state index in [2.05, 4.69) is 76.8 Å². The Morgan fingerprint density at radius 1 is 0.523 bits per heavy atom. The highest BCUT2D eigenvalue weighted by Crippen LogP contribution is 2.37. The molecule has 10 N–H and O–H groups in total. The summed E-state index contributed by atoms with van der Waals surface area (Å²) in [7, 11) is 3.40. The van der Waals surface area contributed by atoms with Crippen molar-refractivity contribution < 1.29 is 43.2 Å². The van der Waals surface area contributed by atoms with Gasteiger partial charge in [0.1, 0.15) is 30.2 Å². The maximum atomic E-state index is 14.7. The SMILES string of the molecule is CCC(NC)C(=O)NC1C(=O)N2C(CCC1CNC(=O)CCC#CC#CCCC(=O)NCCNC(=O)C(NC(=O)C1CCC3CCC(CCNCc4ccccc4)C(NC(=O)C(CC)NC)C(=O)N31)c1ccccc1)CCC2C(=O)NCc1ccccc1. The molecule has 0 saturated carbocycles. The molecule has 4 aliphatic heterocycles. The third-order valence-electron chi connectivity index (χ3n) is 17.4. The van der Waals surface area contributed by atoms with E-state index in [1.165, 1.54) is 0 Å². The maximum Gasteiger partial charge on any atom is 0.247 e. The second-order valence-electron chi connectivity index (χ2n) is 23.2. The predicted molar refractivity (Wildman–Crippen MR) is 334 cm³/mol. The van der Waals surface area contributed by atoms with Gasteiger partial charge in [0.25, 0.3) is 0 Å². The standard InChI is InChI=1S/C67H90N12O9/c1-5-52(68-3)61(82)76-59-48(38-39-70-42-45-22-14-11-15-23-45)30-32-50-35-37-55(79(50)66(59)87)64(85)75-58(47-26-18-13-19-27-47)65(86)72-41-40-71-56(80)28-20-9-7-8-10-21-29-57(81)73-44-49-31-33-51-34-36-54(63(84)74-43-46-24-16-12-17-25-46)78(51)67(88)60(49)77-62(83)53(6-2)69-4/h11-19,22-27,48-55,58-60,68-70H,5-6,20-21,28-44H2,1-4H3,(H,71,80)(H,72,86)(H,73,81)(H,74,84)(H,75,85)(H,76,82)(H,77,83). The molecule has 11 atom stereocenters. The number of benzene rings is 3. The monoisotopic (exact) mass is 1210 g/mol. The summed E-state index contributed by atoms with van der Waals surface area (Å²) in [4.78, 5) is 127. The van der Waals surface area contributed by atoms with E-state index in [0.717, 1.165) is 11.1 Å². The molecule has 0 radical (unpaired) electrons. The third kappa shape index (κ3) is 19.2. The molecule has 0 aliphatic carbocycles. The van der Waals surface area contributed by atoms with Gasteiger partial charge in [-0.2, -0.15) is 0 Å². The third-order valence-corrected chi connectivity index (χ3v) is 17.4. The molecule has 88 heavy (non-hydrogen) atoms. The Morgan fingerprint density at radius 3 is 1.55 bits per heavy atom. The predicted octanol–water partition coefficient (Wildman–Crippen LogP) is 2.76. The van der Waals surface area contributed by atoms with Crippen LogP contribution < -0.4 is 53.2 Å². The zero-order chi connectivity index (χ0) is 62.8. The van der Waals surface area contributed by atoms with Crippen LogP contribution in [0.4, 0.5) is 0 Å². The second-order valence-corrected chi connectivity index (χ2v) is 23.2. The first-order valence-electron chi connectivity index (χ1n) is 31.5. The molecule has 4 saturated heterocycles. The van der Waals surface area contributed by atoms with Crippen molar-refractivity contribution in [1.29, 1.82) is 0 Å². The maximum absolute atomic E-state index is 14.7. The molecule has 11 unspecified atom stereocenters. The number of likely N-dealkylation sites (N-methyl/N-ethyl adjacent to an activating group) is 2. The van der Waals surface area contributed by atoms with Gasteiger partial charge in [0.15, 0.2) is 0 Å². The molecular formula is C67H90N12O9. The fourth-order valence-electron chi connectivity index (χ4n) is 12.5. The van der Waals surface area contributed by atoms with E-state index in [1.54, 1.807) is 54.2 Å². The molecule has 9 amide bonds. The molecule has 3 aromatic rings. The van der Waals surface area contributed by atoms with E-state index < -0.39 is 60.0 Å². The first-order valence-corrected chi connectivity index (χ1v) is 31.5. The first kappa shape index (κ1) is 67.4. The largest absolute Gasteiger partial charge is 0.356 e. The molecule has 0 bridgehead atoms. The van der Waals surface area contributed by atoms with E-state index in [9.17, 15) is 43.2 Å². The van der Waals surface area contributed by atoms with Gasteiger partial charge in [-0.1, -0.05) is 117 Å². The minimum absolute atomic E-state index is 0.0699. The van der Waals surface area contributed by atoms with Crippen molar-refractivity contribution in [2.24, 2.45) is 11.8 Å². The van der Waals surface area contributed by atoms with Crippen molar-refractivity contribution in [3.05, 3.63) is 108 Å². The molecule has 21 nitrogen and oxygen atoms in total. The number of nitrogens with one attached hydrogen (secondary N) is 10. The number of carbonyl (C=O) groups excluding carboxylic acids is 9. The van der Waals surface area contributed by atoms with Crippen molar-refractivity contribution in [3.8, 4) is 23.7 Å². The van der Waals surface area contributed by atoms with Crippen molar-refractivity contribution >= 4 is 53.2 Å². The van der Waals surface area contributed by atoms with E-state index in [0.29, 0.717) is 95.8 Å². The Morgan fingerprint density at radius 2 is 1.00 bits per heavy atom. The molecule has 4 heterocycles. The molecule has 4 fully saturated rings. The van der Waals surface area contributed by atoms with Gasteiger partial charge in [-0.3, -0.25) is 43.2 Å². The number of fused-ring (bicyclic) bond motifs is 2. The van der Waals surface area contributed by atoms with Crippen LogP contribution in [0.2, 0.25) is 0 Å². The summed E-state index contributed by atoms with van der Waals surface area (Å²) in [5.74, 6) is 7.66. The van der Waals surface area contributed by atoms with Crippen molar-refractivity contribution in [2.45, 2.75) is 178 Å². The Bertz CT molecular complexity index is 2960. The highest BCUT2D eigenvalue weighted by molar-refractivity contribution is 5.97. The average Bonchev–Trinajstić information content (AvgIpc) is 2.23.